The maximum absolute atomic E-state index is 6.75. The minimum absolute atomic E-state index is 0. The van der Waals surface area contributed by atoms with Crippen molar-refractivity contribution in [1.82, 2.24) is 19.3 Å². The van der Waals surface area contributed by atoms with E-state index < -0.39 is 0 Å². The fraction of sp³-hybridized carbons (Fsp3) is 0.319. The van der Waals surface area contributed by atoms with Gasteiger partial charge in [-0.3, -0.25) is 4.68 Å². The molecule has 7 aromatic rings. The summed E-state index contributed by atoms with van der Waals surface area (Å²) in [6.07, 6.45) is 3.99. The molecule has 0 aliphatic rings. The second-order valence-electron chi connectivity index (χ2n) is 16.4. The summed E-state index contributed by atoms with van der Waals surface area (Å²) in [4.78, 5) is 4.82. The molecule has 0 spiro atoms. The average Bonchev–Trinajstić information content (AvgIpc) is 3.59. The van der Waals surface area contributed by atoms with E-state index in [1.165, 1.54) is 33.4 Å². The third kappa shape index (κ3) is 7.26. The summed E-state index contributed by atoms with van der Waals surface area (Å²) in [5, 5.41) is 7.51. The molecule has 0 atom stereocenters. The molecule has 3 aromatic heterocycles. The molecule has 0 saturated heterocycles. The van der Waals surface area contributed by atoms with Gasteiger partial charge in [-0.1, -0.05) is 96.3 Å². The maximum atomic E-state index is 6.75. The number of hydrogen-bond donors (Lipinski definition) is 0. The second kappa shape index (κ2) is 14.4. The van der Waals surface area contributed by atoms with Gasteiger partial charge in [0, 0.05) is 34.2 Å². The van der Waals surface area contributed by atoms with Crippen molar-refractivity contribution in [2.75, 3.05) is 0 Å². The van der Waals surface area contributed by atoms with Crippen molar-refractivity contribution in [1.29, 1.82) is 0 Å². The molecule has 0 amide bonds. The zero-order valence-electron chi connectivity index (χ0n) is 32.9. The van der Waals surface area contributed by atoms with Gasteiger partial charge in [0.15, 0.2) is 0 Å². The summed E-state index contributed by atoms with van der Waals surface area (Å²) >= 11 is 0. The smallest absolute Gasteiger partial charge is 0.509 e. The van der Waals surface area contributed by atoms with Crippen molar-refractivity contribution in [3.63, 3.8) is 0 Å². The van der Waals surface area contributed by atoms with Crippen LogP contribution >= 0.6 is 0 Å². The molecule has 0 bridgehead atoms. The third-order valence-electron chi connectivity index (χ3n) is 9.98. The number of pyridine rings is 1. The predicted molar refractivity (Wildman–Crippen MR) is 216 cm³/mol. The SMILES string of the molecule is CCCc1ccnc(-n2c3[c-]c(Oc4[c-]c(-n5nc(C)c(-c6c(C)cc(C)cc6C)c5C(C)(C)C)cc(C(C)(C)C)c4)ccc3c3ccccc32)c1.[Pt+2]. The standard InChI is InChI=1S/C47H50N4O.Pt/c1-12-15-33-20-21-48-42(24-33)50-40-17-14-13-16-38(40)39-19-18-36(28-41(39)50)52-37-26-34(46(6,7)8)25-35(27-37)51-45(47(9,10)11)44(32(5)49-51)43-30(3)22-29(2)23-31(43)4;/h13-14,16-26H,12,15H2,1-11H3;/q-2;+2. The Morgan fingerprint density at radius 2 is 1.45 bits per heavy atom. The summed E-state index contributed by atoms with van der Waals surface area (Å²) in [6.45, 7) is 24.4. The van der Waals surface area contributed by atoms with Crippen LogP contribution in [0.25, 0.3) is 44.4 Å². The molecule has 0 aliphatic carbocycles. The van der Waals surface area contributed by atoms with Gasteiger partial charge in [-0.25, -0.2) is 4.98 Å². The normalized spacial score (nSPS) is 12.1. The number of rotatable bonds is 7. The summed E-state index contributed by atoms with van der Waals surface area (Å²) in [7, 11) is 0. The minimum atomic E-state index is -0.207. The van der Waals surface area contributed by atoms with Crippen LogP contribution in [0.5, 0.6) is 11.5 Å². The molecule has 4 aromatic carbocycles. The van der Waals surface area contributed by atoms with E-state index >= 15 is 0 Å². The average molecular weight is 882 g/mol. The first-order valence-corrected chi connectivity index (χ1v) is 18.5. The number of hydrogen-bond acceptors (Lipinski definition) is 3. The quantitative estimate of drug-likeness (QED) is 0.150. The number of fused-ring (bicyclic) bond motifs is 3. The van der Waals surface area contributed by atoms with Gasteiger partial charge >= 0.3 is 21.1 Å². The summed E-state index contributed by atoms with van der Waals surface area (Å²) < 4.78 is 11.1. The van der Waals surface area contributed by atoms with Crippen molar-refractivity contribution in [2.45, 2.75) is 99.8 Å². The van der Waals surface area contributed by atoms with Crippen molar-refractivity contribution >= 4 is 21.8 Å². The zero-order valence-corrected chi connectivity index (χ0v) is 35.2. The molecule has 0 radical (unpaired) electrons. The van der Waals surface area contributed by atoms with Crippen LogP contribution in [0.3, 0.4) is 0 Å². The Morgan fingerprint density at radius 3 is 2.13 bits per heavy atom. The summed E-state index contributed by atoms with van der Waals surface area (Å²) in [6, 6.07) is 33.1. The van der Waals surface area contributed by atoms with Gasteiger partial charge in [-0.15, -0.1) is 41.3 Å². The second-order valence-corrected chi connectivity index (χ2v) is 16.4. The van der Waals surface area contributed by atoms with Gasteiger partial charge < -0.3 is 9.30 Å². The molecule has 274 valence electrons. The van der Waals surface area contributed by atoms with Crippen molar-refractivity contribution in [3.05, 3.63) is 130 Å². The largest absolute Gasteiger partial charge is 2.00 e. The number of aryl methyl sites for hydroxylation is 5. The van der Waals surface area contributed by atoms with E-state index in [0.717, 1.165) is 63.1 Å². The first-order chi connectivity index (χ1) is 24.6. The number of benzene rings is 4. The summed E-state index contributed by atoms with van der Waals surface area (Å²) in [5.41, 5.74) is 13.3. The van der Waals surface area contributed by atoms with E-state index in [4.69, 9.17) is 14.8 Å². The van der Waals surface area contributed by atoms with E-state index in [2.05, 4.69) is 164 Å². The first-order valence-electron chi connectivity index (χ1n) is 18.5. The Morgan fingerprint density at radius 1 is 0.736 bits per heavy atom. The van der Waals surface area contributed by atoms with Gasteiger partial charge in [0.05, 0.1) is 11.4 Å². The van der Waals surface area contributed by atoms with Crippen molar-refractivity contribution in [2.24, 2.45) is 0 Å². The van der Waals surface area contributed by atoms with E-state index in [0.29, 0.717) is 11.5 Å². The molecule has 53 heavy (non-hydrogen) atoms. The number of aromatic nitrogens is 4. The zero-order chi connectivity index (χ0) is 37.1. The van der Waals surface area contributed by atoms with E-state index in [1.54, 1.807) is 0 Å². The topological polar surface area (TPSA) is 44.9 Å². The fourth-order valence-electron chi connectivity index (χ4n) is 7.72. The number of ether oxygens (including phenoxy) is 1. The molecule has 6 heteroatoms. The third-order valence-corrected chi connectivity index (χ3v) is 9.98. The maximum Gasteiger partial charge on any atom is 2.00 e. The molecular weight excluding hydrogens is 832 g/mol. The molecule has 0 aliphatic heterocycles. The molecule has 3 heterocycles. The number of nitrogens with zero attached hydrogens (tertiary/aromatic N) is 4. The Bertz CT molecular complexity index is 2450. The molecule has 0 N–H and O–H groups in total. The Labute approximate surface area is 329 Å². The van der Waals surface area contributed by atoms with Crippen LogP contribution < -0.4 is 4.74 Å². The van der Waals surface area contributed by atoms with Gasteiger partial charge in [0.25, 0.3) is 0 Å². The van der Waals surface area contributed by atoms with E-state index in [-0.39, 0.29) is 31.9 Å². The van der Waals surface area contributed by atoms with Gasteiger partial charge in [-0.2, -0.15) is 11.2 Å². The van der Waals surface area contributed by atoms with Crippen LogP contribution in [0.1, 0.15) is 94.1 Å². The molecule has 7 rings (SSSR count). The van der Waals surface area contributed by atoms with Gasteiger partial charge in [0.1, 0.15) is 5.82 Å². The van der Waals surface area contributed by atoms with Crippen LogP contribution in [-0.2, 0) is 38.3 Å². The van der Waals surface area contributed by atoms with E-state index in [1.807, 2.05) is 12.3 Å². The van der Waals surface area contributed by atoms with E-state index in [9.17, 15) is 0 Å². The molecular formula is C47H50N4OPt. The van der Waals surface area contributed by atoms with Crippen molar-refractivity contribution in [3.8, 4) is 34.1 Å². The Hall–Kier alpha value is -4.47. The van der Waals surface area contributed by atoms with Crippen LogP contribution in [0.15, 0.2) is 79.0 Å². The predicted octanol–water partition coefficient (Wildman–Crippen LogP) is 12.2. The summed E-state index contributed by atoms with van der Waals surface area (Å²) in [5.74, 6) is 2.13. The fourth-order valence-corrected chi connectivity index (χ4v) is 7.72. The molecule has 0 fully saturated rings. The van der Waals surface area contributed by atoms with Gasteiger partial charge in [0.2, 0.25) is 0 Å². The Balaban J connectivity index is 0.00000481. The van der Waals surface area contributed by atoms with Crippen LogP contribution in [0.2, 0.25) is 0 Å². The number of para-hydroxylation sites is 1. The minimum Gasteiger partial charge on any atom is -0.509 e. The molecule has 0 unspecified atom stereocenters. The van der Waals surface area contributed by atoms with Crippen LogP contribution in [0, 0.1) is 39.8 Å². The molecule has 0 saturated carbocycles. The monoisotopic (exact) mass is 881 g/mol. The van der Waals surface area contributed by atoms with Crippen LogP contribution in [-0.4, -0.2) is 19.3 Å². The van der Waals surface area contributed by atoms with Crippen molar-refractivity contribution < 1.29 is 25.8 Å². The first kappa shape index (κ1) is 38.3. The molecule has 5 nitrogen and oxygen atoms in total. The Kier molecular flexibility index (Phi) is 10.4. The van der Waals surface area contributed by atoms with Gasteiger partial charge in [-0.05, 0) is 91.1 Å². The van der Waals surface area contributed by atoms with Crippen LogP contribution in [0.4, 0.5) is 0 Å².